The van der Waals surface area contributed by atoms with Crippen molar-refractivity contribution < 1.29 is 19.1 Å². The van der Waals surface area contributed by atoms with Crippen molar-refractivity contribution in [1.29, 1.82) is 0 Å². The van der Waals surface area contributed by atoms with Crippen molar-refractivity contribution >= 4 is 40.7 Å². The lowest BCUT2D eigenvalue weighted by Gasteiger charge is -2.36. The second-order valence-electron chi connectivity index (χ2n) is 11.7. The van der Waals surface area contributed by atoms with Crippen molar-refractivity contribution in [1.82, 2.24) is 10.6 Å². The number of hydrogen-bond donors (Lipinski definition) is 4. The van der Waals surface area contributed by atoms with Crippen LogP contribution in [0.2, 0.25) is 10.0 Å². The minimum atomic E-state index is -1.22. The molecule has 4 atom stereocenters. The molecule has 1 saturated heterocycles. The fourth-order valence-corrected chi connectivity index (χ4v) is 8.02. The Kier molecular flexibility index (Phi) is 7.38. The Morgan fingerprint density at radius 3 is 2.56 bits per heavy atom. The Bertz CT molecular complexity index is 1280. The zero-order valence-electron chi connectivity index (χ0n) is 21.7. The molecule has 2 aromatic carbocycles. The Hall–Kier alpha value is -2.19. The fourth-order valence-electron chi connectivity index (χ4n) is 7.66. The third-order valence-corrected chi connectivity index (χ3v) is 10.0. The normalized spacial score (nSPS) is 32.4. The van der Waals surface area contributed by atoms with E-state index in [1.807, 2.05) is 6.07 Å². The molecule has 6 nitrogen and oxygen atoms in total. The van der Waals surface area contributed by atoms with Gasteiger partial charge in [-0.15, -0.1) is 0 Å². The molecule has 6 rings (SSSR count). The molecule has 4 N–H and O–H groups in total. The van der Waals surface area contributed by atoms with Crippen LogP contribution in [0.25, 0.3) is 0 Å². The average molecular weight is 575 g/mol. The maximum atomic E-state index is 15.9. The summed E-state index contributed by atoms with van der Waals surface area (Å²) in [5, 5.41) is 20.1. The van der Waals surface area contributed by atoms with E-state index in [-0.39, 0.29) is 34.5 Å². The molecule has 2 aromatic rings. The fraction of sp³-hybridized carbons (Fsp3) is 0.533. The van der Waals surface area contributed by atoms with E-state index in [0.717, 1.165) is 31.2 Å². The molecular weight excluding hydrogens is 540 g/mol. The van der Waals surface area contributed by atoms with Gasteiger partial charge in [-0.3, -0.25) is 9.59 Å². The highest BCUT2D eigenvalue weighted by Gasteiger charge is 2.66. The molecule has 2 heterocycles. The molecule has 4 aliphatic rings. The molecule has 1 unspecified atom stereocenters. The van der Waals surface area contributed by atoms with Crippen molar-refractivity contribution in [2.75, 3.05) is 5.32 Å². The van der Waals surface area contributed by atoms with Gasteiger partial charge in [-0.05, 0) is 67.3 Å². The van der Waals surface area contributed by atoms with E-state index in [4.69, 9.17) is 23.2 Å². The summed E-state index contributed by atoms with van der Waals surface area (Å²) in [6, 6.07) is 8.79. The summed E-state index contributed by atoms with van der Waals surface area (Å²) in [7, 11) is 0. The summed E-state index contributed by atoms with van der Waals surface area (Å²) in [5.74, 6) is -1.55. The molecular formula is C30H34Cl2FN3O3. The van der Waals surface area contributed by atoms with Crippen LogP contribution in [0.3, 0.4) is 0 Å². The molecule has 9 heteroatoms. The standard InChI is InChI=1S/C30H34Cl2FN3O3/c31-17-8-13-21-23(15-17)35-29(39)30(21)24(14-16-4-1-2-5-16)36-27(25(30)20-6-3-7-22(32)26(20)33)28(38)34-18-9-11-19(37)12-10-18/h3,6-8,13,15-16,18-19,24-25,27,36-37H,1-2,4-5,9-12,14H2,(H,34,38)(H,35,39)/t18?,19?,24-,25-,27+,30?/m0/s1. The second kappa shape index (κ2) is 10.7. The lowest BCUT2D eigenvalue weighted by atomic mass is 9.63. The van der Waals surface area contributed by atoms with Crippen molar-refractivity contribution in [3.63, 3.8) is 0 Å². The lowest BCUT2D eigenvalue weighted by molar-refractivity contribution is -0.124. The van der Waals surface area contributed by atoms with Gasteiger partial charge >= 0.3 is 0 Å². The first kappa shape index (κ1) is 27.0. The SMILES string of the molecule is O=C(NC1CCC(O)CC1)[C@@H]1N[C@@H](CC2CCCC2)C2(C(=O)Nc3cc(Cl)ccc32)[C@H]1c1cccc(Cl)c1F. The molecule has 0 radical (unpaired) electrons. The Balaban J connectivity index is 1.48. The van der Waals surface area contributed by atoms with Crippen LogP contribution in [0.4, 0.5) is 10.1 Å². The summed E-state index contributed by atoms with van der Waals surface area (Å²) in [5.41, 5.74) is 0.355. The van der Waals surface area contributed by atoms with Crippen LogP contribution in [0.1, 0.15) is 74.8 Å². The zero-order chi connectivity index (χ0) is 27.3. The largest absolute Gasteiger partial charge is 0.393 e. The van der Waals surface area contributed by atoms with E-state index in [9.17, 15) is 14.7 Å². The number of benzene rings is 2. The number of aliphatic hydroxyl groups excluding tert-OH is 1. The van der Waals surface area contributed by atoms with Gasteiger partial charge in [-0.1, -0.05) is 67.1 Å². The third-order valence-electron chi connectivity index (χ3n) is 9.49. The lowest BCUT2D eigenvalue weighted by Crippen LogP contribution is -2.49. The van der Waals surface area contributed by atoms with Gasteiger partial charge < -0.3 is 21.1 Å². The number of hydrogen-bond acceptors (Lipinski definition) is 4. The van der Waals surface area contributed by atoms with Crippen LogP contribution in [-0.4, -0.2) is 41.2 Å². The number of anilines is 1. The van der Waals surface area contributed by atoms with Crippen molar-refractivity contribution in [2.24, 2.45) is 5.92 Å². The van der Waals surface area contributed by atoms with Crippen LogP contribution in [-0.2, 0) is 15.0 Å². The molecule has 3 fully saturated rings. The minimum absolute atomic E-state index is 0.0444. The van der Waals surface area contributed by atoms with E-state index in [1.165, 1.54) is 6.07 Å². The monoisotopic (exact) mass is 573 g/mol. The molecule has 1 spiro atoms. The maximum Gasteiger partial charge on any atom is 0.238 e. The quantitative estimate of drug-likeness (QED) is 0.383. The molecule has 208 valence electrons. The first-order chi connectivity index (χ1) is 18.8. The van der Waals surface area contributed by atoms with E-state index in [1.54, 1.807) is 24.3 Å². The molecule has 0 bridgehead atoms. The number of halogens is 3. The number of rotatable bonds is 5. The van der Waals surface area contributed by atoms with Crippen LogP contribution in [0, 0.1) is 11.7 Å². The van der Waals surface area contributed by atoms with E-state index >= 15 is 4.39 Å². The number of carbonyl (C=O) groups excluding carboxylic acids is 2. The summed E-state index contributed by atoms with van der Waals surface area (Å²) in [6.45, 7) is 0. The Morgan fingerprint density at radius 2 is 1.82 bits per heavy atom. The van der Waals surface area contributed by atoms with Gasteiger partial charge in [0.15, 0.2) is 0 Å². The molecule has 2 aliphatic carbocycles. The van der Waals surface area contributed by atoms with Gasteiger partial charge in [0, 0.05) is 28.7 Å². The molecule has 2 saturated carbocycles. The van der Waals surface area contributed by atoms with Crippen LogP contribution < -0.4 is 16.0 Å². The summed E-state index contributed by atoms with van der Waals surface area (Å²) in [6.07, 6.45) is 7.39. The zero-order valence-corrected chi connectivity index (χ0v) is 23.2. The number of carbonyl (C=O) groups is 2. The smallest absolute Gasteiger partial charge is 0.238 e. The first-order valence-electron chi connectivity index (χ1n) is 14.1. The van der Waals surface area contributed by atoms with Crippen LogP contribution in [0.5, 0.6) is 0 Å². The summed E-state index contributed by atoms with van der Waals surface area (Å²) >= 11 is 12.6. The molecule has 2 aliphatic heterocycles. The van der Waals surface area contributed by atoms with Crippen molar-refractivity contribution in [3.05, 3.63) is 63.4 Å². The van der Waals surface area contributed by atoms with Gasteiger partial charge in [-0.25, -0.2) is 4.39 Å². The molecule has 0 aromatic heterocycles. The minimum Gasteiger partial charge on any atom is -0.393 e. The van der Waals surface area contributed by atoms with Crippen molar-refractivity contribution in [2.45, 2.75) is 93.3 Å². The van der Waals surface area contributed by atoms with Gasteiger partial charge in [-0.2, -0.15) is 0 Å². The average Bonchev–Trinajstić information content (AvgIpc) is 3.61. The van der Waals surface area contributed by atoms with Crippen LogP contribution >= 0.6 is 23.2 Å². The number of fused-ring (bicyclic) bond motifs is 2. The summed E-state index contributed by atoms with van der Waals surface area (Å²) < 4.78 is 15.9. The van der Waals surface area contributed by atoms with Gasteiger partial charge in [0.1, 0.15) is 11.2 Å². The number of aliphatic hydroxyl groups is 1. The van der Waals surface area contributed by atoms with Crippen molar-refractivity contribution in [3.8, 4) is 0 Å². The predicted molar refractivity (Wildman–Crippen MR) is 150 cm³/mol. The van der Waals surface area contributed by atoms with E-state index in [2.05, 4.69) is 16.0 Å². The van der Waals surface area contributed by atoms with Gasteiger partial charge in [0.25, 0.3) is 0 Å². The third kappa shape index (κ3) is 4.65. The highest BCUT2D eigenvalue weighted by Crippen LogP contribution is 2.57. The summed E-state index contributed by atoms with van der Waals surface area (Å²) in [4.78, 5) is 28.2. The Morgan fingerprint density at radius 1 is 1.08 bits per heavy atom. The van der Waals surface area contributed by atoms with Gasteiger partial charge in [0.2, 0.25) is 11.8 Å². The first-order valence-corrected chi connectivity index (χ1v) is 14.8. The van der Waals surface area contributed by atoms with Crippen LogP contribution in [0.15, 0.2) is 36.4 Å². The molecule has 2 amide bonds. The highest BCUT2D eigenvalue weighted by atomic mass is 35.5. The maximum absolute atomic E-state index is 15.9. The van der Waals surface area contributed by atoms with E-state index in [0.29, 0.717) is 48.7 Å². The number of amides is 2. The number of nitrogens with one attached hydrogen (secondary N) is 3. The predicted octanol–water partition coefficient (Wildman–Crippen LogP) is 5.45. The topological polar surface area (TPSA) is 90.5 Å². The Labute approximate surface area is 238 Å². The van der Waals surface area contributed by atoms with E-state index < -0.39 is 29.2 Å². The second-order valence-corrected chi connectivity index (χ2v) is 12.6. The molecule has 39 heavy (non-hydrogen) atoms. The van der Waals surface area contributed by atoms with Gasteiger partial charge in [0.05, 0.1) is 17.2 Å². The highest BCUT2D eigenvalue weighted by molar-refractivity contribution is 6.31.